The number of rotatable bonds is 12. The summed E-state index contributed by atoms with van der Waals surface area (Å²) in [5.74, 6) is -2.26. The van der Waals surface area contributed by atoms with E-state index in [0.717, 1.165) is 25.7 Å². The van der Waals surface area contributed by atoms with E-state index in [1.165, 1.54) is 38.5 Å². The zero-order valence-corrected chi connectivity index (χ0v) is 18.4. The molecule has 0 saturated carbocycles. The van der Waals surface area contributed by atoms with E-state index in [9.17, 15) is 19.2 Å². The molecule has 2 heterocycles. The standard InChI is InChI=1S/2C12H18O3/c2*1-2-3-4-5-6-7-8-10-9-11(13)15-12(10)14/h2*7-8,10H,2-6,9H2,1H3. The molecule has 2 aliphatic heterocycles. The Morgan fingerprint density at radius 1 is 0.667 bits per heavy atom. The van der Waals surface area contributed by atoms with Gasteiger partial charge in [0.15, 0.2) is 0 Å². The van der Waals surface area contributed by atoms with Crippen LogP contribution in [-0.4, -0.2) is 23.9 Å². The second-order valence-corrected chi connectivity index (χ2v) is 7.76. The molecule has 2 atom stereocenters. The van der Waals surface area contributed by atoms with Crippen molar-refractivity contribution in [2.75, 3.05) is 0 Å². The van der Waals surface area contributed by atoms with Crippen LogP contribution in [0.4, 0.5) is 0 Å². The van der Waals surface area contributed by atoms with Crippen LogP contribution in [0, 0.1) is 11.8 Å². The molecule has 0 amide bonds. The number of hydrogen-bond acceptors (Lipinski definition) is 6. The van der Waals surface area contributed by atoms with E-state index in [1.807, 2.05) is 12.2 Å². The van der Waals surface area contributed by atoms with Gasteiger partial charge in [0.05, 0.1) is 24.7 Å². The number of cyclic esters (lactones) is 4. The lowest BCUT2D eigenvalue weighted by atomic mass is 10.1. The van der Waals surface area contributed by atoms with E-state index < -0.39 is 23.9 Å². The van der Waals surface area contributed by atoms with Gasteiger partial charge in [0, 0.05) is 0 Å². The minimum absolute atomic E-state index is 0.213. The van der Waals surface area contributed by atoms with Crippen molar-refractivity contribution in [1.29, 1.82) is 0 Å². The summed E-state index contributed by atoms with van der Waals surface area (Å²) in [7, 11) is 0. The third kappa shape index (κ3) is 11.1. The highest BCUT2D eigenvalue weighted by molar-refractivity contribution is 5.96. The maximum atomic E-state index is 11.1. The largest absolute Gasteiger partial charge is 0.393 e. The summed E-state index contributed by atoms with van der Waals surface area (Å²) in [5, 5.41) is 0. The third-order valence-electron chi connectivity index (χ3n) is 4.99. The Labute approximate surface area is 180 Å². The molecule has 2 unspecified atom stereocenters. The minimum atomic E-state index is -0.402. The van der Waals surface area contributed by atoms with E-state index in [0.29, 0.717) is 0 Å². The molecule has 0 aromatic carbocycles. The Balaban J connectivity index is 0.000000300. The summed E-state index contributed by atoms with van der Waals surface area (Å²) < 4.78 is 8.88. The Morgan fingerprint density at radius 3 is 1.37 bits per heavy atom. The second kappa shape index (κ2) is 15.6. The number of ether oxygens (including phenoxy) is 2. The van der Waals surface area contributed by atoms with Gasteiger partial charge in [-0.3, -0.25) is 19.2 Å². The first kappa shape index (κ1) is 25.8. The molecule has 2 aliphatic rings. The highest BCUT2D eigenvalue weighted by Gasteiger charge is 2.31. The van der Waals surface area contributed by atoms with Crippen molar-refractivity contribution < 1.29 is 28.7 Å². The highest BCUT2D eigenvalue weighted by atomic mass is 16.6. The maximum absolute atomic E-state index is 11.1. The molecular formula is C24H36O6. The van der Waals surface area contributed by atoms with E-state index >= 15 is 0 Å². The Morgan fingerprint density at radius 2 is 1.07 bits per heavy atom. The van der Waals surface area contributed by atoms with Gasteiger partial charge in [-0.1, -0.05) is 76.7 Å². The van der Waals surface area contributed by atoms with E-state index in [4.69, 9.17) is 0 Å². The van der Waals surface area contributed by atoms with Crippen molar-refractivity contribution >= 4 is 23.9 Å². The Hall–Kier alpha value is -2.24. The molecule has 0 aromatic rings. The van der Waals surface area contributed by atoms with Crippen molar-refractivity contribution in [1.82, 2.24) is 0 Å². The van der Waals surface area contributed by atoms with E-state index in [2.05, 4.69) is 23.3 Å². The fourth-order valence-corrected chi connectivity index (χ4v) is 3.18. The molecule has 6 nitrogen and oxygen atoms in total. The number of carbonyl (C=O) groups excluding carboxylic acids is 4. The van der Waals surface area contributed by atoms with Crippen LogP contribution in [0.5, 0.6) is 0 Å². The van der Waals surface area contributed by atoms with Gasteiger partial charge < -0.3 is 9.47 Å². The van der Waals surface area contributed by atoms with E-state index in [-0.39, 0.29) is 24.7 Å². The first-order chi connectivity index (χ1) is 14.5. The highest BCUT2D eigenvalue weighted by Crippen LogP contribution is 2.18. The normalized spacial score (nSPS) is 21.3. The smallest absolute Gasteiger partial charge is 0.321 e. The van der Waals surface area contributed by atoms with Gasteiger partial charge in [0.2, 0.25) is 0 Å². The molecule has 168 valence electrons. The fraction of sp³-hybridized carbons (Fsp3) is 0.667. The molecule has 0 N–H and O–H groups in total. The van der Waals surface area contributed by atoms with Gasteiger partial charge in [-0.25, -0.2) is 0 Å². The van der Waals surface area contributed by atoms with Crippen molar-refractivity contribution in [2.45, 2.75) is 90.9 Å². The van der Waals surface area contributed by atoms with Crippen LogP contribution in [0.3, 0.4) is 0 Å². The van der Waals surface area contributed by atoms with Crippen LogP contribution in [0.25, 0.3) is 0 Å². The van der Waals surface area contributed by atoms with Gasteiger partial charge in [0.25, 0.3) is 0 Å². The molecule has 2 rings (SSSR count). The molecule has 0 radical (unpaired) electrons. The van der Waals surface area contributed by atoms with Gasteiger partial charge in [-0.05, 0) is 25.7 Å². The number of unbranched alkanes of at least 4 members (excludes halogenated alkanes) is 8. The van der Waals surface area contributed by atoms with Crippen LogP contribution in [-0.2, 0) is 28.7 Å². The van der Waals surface area contributed by atoms with Crippen molar-refractivity contribution in [3.63, 3.8) is 0 Å². The zero-order valence-electron chi connectivity index (χ0n) is 18.4. The molecule has 0 spiro atoms. The maximum Gasteiger partial charge on any atom is 0.321 e. The van der Waals surface area contributed by atoms with Crippen LogP contribution in [0.1, 0.15) is 90.9 Å². The number of hydrogen-bond donors (Lipinski definition) is 0. The van der Waals surface area contributed by atoms with Crippen LogP contribution in [0.2, 0.25) is 0 Å². The summed E-state index contributed by atoms with van der Waals surface area (Å²) in [4.78, 5) is 43.6. The molecule has 0 aromatic heterocycles. The quantitative estimate of drug-likeness (QED) is 0.186. The third-order valence-corrected chi connectivity index (χ3v) is 4.99. The zero-order chi connectivity index (χ0) is 22.2. The van der Waals surface area contributed by atoms with E-state index in [1.54, 1.807) is 12.2 Å². The average Bonchev–Trinajstić information content (AvgIpc) is 3.20. The van der Waals surface area contributed by atoms with Crippen LogP contribution >= 0.6 is 0 Å². The molecule has 2 fully saturated rings. The lowest BCUT2D eigenvalue weighted by molar-refractivity contribution is -0.154. The summed E-state index contributed by atoms with van der Waals surface area (Å²) in [5.41, 5.74) is 0. The van der Waals surface area contributed by atoms with Gasteiger partial charge >= 0.3 is 23.9 Å². The summed E-state index contributed by atoms with van der Waals surface area (Å²) in [6.45, 7) is 4.35. The van der Waals surface area contributed by atoms with Crippen molar-refractivity contribution in [3.05, 3.63) is 24.3 Å². The molecule has 30 heavy (non-hydrogen) atoms. The number of esters is 4. The minimum Gasteiger partial charge on any atom is -0.393 e. The first-order valence-corrected chi connectivity index (χ1v) is 11.3. The average molecular weight is 421 g/mol. The predicted octanol–water partition coefficient (Wildman–Crippen LogP) is 5.21. The molecular weight excluding hydrogens is 384 g/mol. The lowest BCUT2D eigenvalue weighted by Gasteiger charge is -1.96. The predicted molar refractivity (Wildman–Crippen MR) is 114 cm³/mol. The SMILES string of the molecule is CCCCCCC=CC1CC(=O)OC1=O.CCCCCCC=CC1CC(=O)OC1=O. The molecule has 2 saturated heterocycles. The monoisotopic (exact) mass is 420 g/mol. The van der Waals surface area contributed by atoms with Crippen LogP contribution in [0.15, 0.2) is 24.3 Å². The number of carbonyl (C=O) groups is 4. The van der Waals surface area contributed by atoms with Gasteiger partial charge in [0.1, 0.15) is 0 Å². The summed E-state index contributed by atoms with van der Waals surface area (Å²) in [6, 6.07) is 0. The lowest BCUT2D eigenvalue weighted by Crippen LogP contribution is -2.03. The summed E-state index contributed by atoms with van der Waals surface area (Å²) >= 11 is 0. The first-order valence-electron chi connectivity index (χ1n) is 11.3. The van der Waals surface area contributed by atoms with Crippen molar-refractivity contribution in [2.24, 2.45) is 11.8 Å². The molecule has 0 bridgehead atoms. The Kier molecular flexibility index (Phi) is 13.4. The van der Waals surface area contributed by atoms with Gasteiger partial charge in [-0.2, -0.15) is 0 Å². The Bertz CT molecular complexity index is 565. The number of allylic oxidation sites excluding steroid dienone is 2. The molecule has 6 heteroatoms. The van der Waals surface area contributed by atoms with Gasteiger partial charge in [-0.15, -0.1) is 0 Å². The fourth-order valence-electron chi connectivity index (χ4n) is 3.18. The second-order valence-electron chi connectivity index (χ2n) is 7.76. The van der Waals surface area contributed by atoms with Crippen molar-refractivity contribution in [3.8, 4) is 0 Å². The topological polar surface area (TPSA) is 86.7 Å². The molecule has 0 aliphatic carbocycles. The van der Waals surface area contributed by atoms with Crippen LogP contribution < -0.4 is 0 Å². The summed E-state index contributed by atoms with van der Waals surface area (Å²) in [6.07, 6.45) is 19.7.